The minimum atomic E-state index is -1.12. The molecule has 5 N–H and O–H groups in total. The largest absolute Gasteiger partial charge is 0.508 e. The maximum Gasteiger partial charge on any atom is 0.327 e. The highest BCUT2D eigenvalue weighted by molar-refractivity contribution is 8.76. The third-order valence-electron chi connectivity index (χ3n) is 8.13. The third-order valence-corrected chi connectivity index (χ3v) is 10.5. The number of hydrogen-bond acceptors (Lipinski definition) is 8. The molecule has 1 aliphatic carbocycles. The van der Waals surface area contributed by atoms with Crippen LogP contribution in [0.4, 0.5) is 0 Å². The number of rotatable bonds is 4. The predicted molar refractivity (Wildman–Crippen MR) is 152 cm³/mol. The molecule has 3 aliphatic rings. The van der Waals surface area contributed by atoms with Crippen LogP contribution in [-0.2, 0) is 24.0 Å². The lowest BCUT2D eigenvalue weighted by molar-refractivity contribution is -0.143. The van der Waals surface area contributed by atoms with Crippen molar-refractivity contribution in [2.75, 3.05) is 24.6 Å². The Bertz CT molecular complexity index is 1130. The fourth-order valence-electron chi connectivity index (χ4n) is 5.89. The molecule has 2 aliphatic heterocycles. The molecule has 11 nitrogen and oxygen atoms in total. The standard InChI is InChI=1S/C27H36N4O7S2/c1-16(32)31-13-8-19(17-4-6-18(33)7-5-17)22(31)24(35)29-20-14-39-40-15-21(25(36)37)30-26(38)27(9-2-3-10-27)11-12-28-23(20)34/h4-7,19-22,33H,2-3,8-15H2,1H3,(H,28,34)(H,29,35)(H,30,38)(H,36,37)/t19?,20-,21-,22?/m0/s1. The Labute approximate surface area is 241 Å². The molecule has 2 unspecified atom stereocenters. The maximum atomic E-state index is 13.7. The number of carbonyl (C=O) groups excluding carboxylic acids is 4. The SMILES string of the molecule is CC(=O)N1CCC(c2ccc(O)cc2)C1C(=O)N[C@H]1CSSC[C@@H](C(=O)O)NC(=O)C2(CCCC2)CCNC1=O. The smallest absolute Gasteiger partial charge is 0.327 e. The van der Waals surface area contributed by atoms with E-state index in [1.54, 1.807) is 24.3 Å². The molecule has 1 aromatic carbocycles. The van der Waals surface area contributed by atoms with Crippen molar-refractivity contribution < 1.29 is 34.2 Å². The molecule has 3 fully saturated rings. The van der Waals surface area contributed by atoms with Gasteiger partial charge in [0.1, 0.15) is 23.9 Å². The first kappa shape index (κ1) is 30.0. The van der Waals surface area contributed by atoms with Gasteiger partial charge in [-0.05, 0) is 43.4 Å². The molecule has 218 valence electrons. The second kappa shape index (κ2) is 13.2. The Kier molecular flexibility index (Phi) is 9.88. The van der Waals surface area contributed by atoms with Crippen molar-refractivity contribution in [3.05, 3.63) is 29.8 Å². The molecule has 2 saturated heterocycles. The van der Waals surface area contributed by atoms with Gasteiger partial charge < -0.3 is 31.1 Å². The summed E-state index contributed by atoms with van der Waals surface area (Å²) in [5, 5.41) is 27.8. The highest BCUT2D eigenvalue weighted by Crippen LogP contribution is 2.41. The first-order valence-corrected chi connectivity index (χ1v) is 16.0. The van der Waals surface area contributed by atoms with Gasteiger partial charge in [-0.25, -0.2) is 4.79 Å². The monoisotopic (exact) mass is 592 g/mol. The van der Waals surface area contributed by atoms with Crippen LogP contribution < -0.4 is 16.0 Å². The molecule has 1 aromatic rings. The molecule has 2 heterocycles. The first-order chi connectivity index (χ1) is 19.1. The summed E-state index contributed by atoms with van der Waals surface area (Å²) >= 11 is 0. The second-order valence-corrected chi connectivity index (χ2v) is 13.2. The van der Waals surface area contributed by atoms with Crippen molar-refractivity contribution in [2.24, 2.45) is 5.41 Å². The highest BCUT2D eigenvalue weighted by atomic mass is 33.1. The van der Waals surface area contributed by atoms with Crippen LogP contribution >= 0.6 is 21.6 Å². The van der Waals surface area contributed by atoms with Gasteiger partial charge in [-0.3, -0.25) is 19.2 Å². The number of amides is 4. The molecule has 0 bridgehead atoms. The van der Waals surface area contributed by atoms with E-state index in [-0.39, 0.29) is 41.5 Å². The average Bonchev–Trinajstić information content (AvgIpc) is 3.58. The number of nitrogens with one attached hydrogen (secondary N) is 3. The van der Waals surface area contributed by atoms with Crippen LogP contribution in [0.5, 0.6) is 5.75 Å². The van der Waals surface area contributed by atoms with E-state index < -0.39 is 41.3 Å². The number of likely N-dealkylation sites (tertiary alicyclic amines) is 1. The van der Waals surface area contributed by atoms with Crippen LogP contribution in [0.25, 0.3) is 0 Å². The lowest BCUT2D eigenvalue weighted by Gasteiger charge is -2.30. The summed E-state index contributed by atoms with van der Waals surface area (Å²) in [5.41, 5.74) is 0.0826. The minimum Gasteiger partial charge on any atom is -0.508 e. The Morgan fingerprint density at radius 3 is 2.38 bits per heavy atom. The fourth-order valence-corrected chi connectivity index (χ4v) is 8.21. The van der Waals surface area contributed by atoms with Gasteiger partial charge in [-0.1, -0.05) is 46.6 Å². The van der Waals surface area contributed by atoms with Gasteiger partial charge in [0, 0.05) is 37.4 Å². The summed E-state index contributed by atoms with van der Waals surface area (Å²) in [7, 11) is 2.46. The molecule has 0 aromatic heterocycles. The molecule has 0 radical (unpaired) electrons. The van der Waals surface area contributed by atoms with Crippen LogP contribution in [-0.4, -0.2) is 87.4 Å². The van der Waals surface area contributed by atoms with Crippen molar-refractivity contribution in [3.63, 3.8) is 0 Å². The molecule has 4 amide bonds. The lowest BCUT2D eigenvalue weighted by Crippen LogP contribution is -2.55. The Morgan fingerprint density at radius 1 is 1.05 bits per heavy atom. The van der Waals surface area contributed by atoms with Gasteiger partial charge in [-0.2, -0.15) is 0 Å². The number of carboxylic acids is 1. The fraction of sp³-hybridized carbons (Fsp3) is 0.593. The molecule has 4 rings (SSSR count). The number of benzene rings is 1. The number of phenolic OH excluding ortho intramolecular Hbond substituents is 1. The van der Waals surface area contributed by atoms with Crippen molar-refractivity contribution in [2.45, 2.75) is 69.5 Å². The first-order valence-electron chi connectivity index (χ1n) is 13.5. The number of aromatic hydroxyl groups is 1. The number of carbonyl (C=O) groups is 5. The average molecular weight is 593 g/mol. The van der Waals surface area contributed by atoms with E-state index in [9.17, 15) is 34.2 Å². The Hall–Kier alpha value is -2.93. The van der Waals surface area contributed by atoms with Crippen LogP contribution in [0, 0.1) is 5.41 Å². The number of carboxylic acid groups (broad SMARTS) is 1. The summed E-state index contributed by atoms with van der Waals surface area (Å²) in [6, 6.07) is 3.74. The van der Waals surface area contributed by atoms with Crippen LogP contribution in [0.2, 0.25) is 0 Å². The van der Waals surface area contributed by atoms with Gasteiger partial charge in [0.05, 0.1) is 5.41 Å². The number of phenols is 1. The zero-order valence-electron chi connectivity index (χ0n) is 22.4. The zero-order valence-corrected chi connectivity index (χ0v) is 24.0. The van der Waals surface area contributed by atoms with Gasteiger partial charge in [-0.15, -0.1) is 0 Å². The van der Waals surface area contributed by atoms with Gasteiger partial charge >= 0.3 is 5.97 Å². The van der Waals surface area contributed by atoms with Gasteiger partial charge in [0.2, 0.25) is 23.6 Å². The predicted octanol–water partition coefficient (Wildman–Crippen LogP) is 1.61. The Morgan fingerprint density at radius 2 is 1.73 bits per heavy atom. The molecule has 4 atom stereocenters. The quantitative estimate of drug-likeness (QED) is 0.327. The van der Waals surface area contributed by atoms with E-state index in [0.29, 0.717) is 32.2 Å². The molecular weight excluding hydrogens is 556 g/mol. The van der Waals surface area contributed by atoms with E-state index in [0.717, 1.165) is 18.4 Å². The molecular formula is C27H36N4O7S2. The zero-order chi connectivity index (χ0) is 28.9. The van der Waals surface area contributed by atoms with Crippen molar-refractivity contribution in [1.29, 1.82) is 0 Å². The molecule has 13 heteroatoms. The Balaban J connectivity index is 1.52. The number of aliphatic carboxylic acids is 1. The molecule has 1 spiro atoms. The van der Waals surface area contributed by atoms with E-state index in [2.05, 4.69) is 16.0 Å². The van der Waals surface area contributed by atoms with E-state index in [1.807, 2.05) is 0 Å². The second-order valence-electron chi connectivity index (χ2n) is 10.7. The third kappa shape index (κ3) is 6.85. The topological polar surface area (TPSA) is 165 Å². The summed E-state index contributed by atoms with van der Waals surface area (Å²) in [6.07, 6.45) is 3.91. The summed E-state index contributed by atoms with van der Waals surface area (Å²) in [4.78, 5) is 65.8. The van der Waals surface area contributed by atoms with E-state index in [1.165, 1.54) is 33.4 Å². The van der Waals surface area contributed by atoms with Crippen LogP contribution in [0.15, 0.2) is 24.3 Å². The molecule has 40 heavy (non-hydrogen) atoms. The van der Waals surface area contributed by atoms with Crippen LogP contribution in [0.1, 0.15) is 56.9 Å². The molecule has 1 saturated carbocycles. The summed E-state index contributed by atoms with van der Waals surface area (Å²) in [5.74, 6) is -2.42. The van der Waals surface area contributed by atoms with Crippen molar-refractivity contribution in [3.8, 4) is 5.75 Å². The number of hydrogen-bond donors (Lipinski definition) is 5. The van der Waals surface area contributed by atoms with E-state index >= 15 is 0 Å². The van der Waals surface area contributed by atoms with Crippen molar-refractivity contribution >= 4 is 51.2 Å². The number of nitrogens with zero attached hydrogens (tertiary/aromatic N) is 1. The lowest BCUT2D eigenvalue weighted by atomic mass is 9.81. The van der Waals surface area contributed by atoms with E-state index in [4.69, 9.17) is 0 Å². The van der Waals surface area contributed by atoms with Gasteiger partial charge in [0.25, 0.3) is 0 Å². The minimum absolute atomic E-state index is 0.0998. The van der Waals surface area contributed by atoms with Gasteiger partial charge in [0.15, 0.2) is 0 Å². The highest BCUT2D eigenvalue weighted by Gasteiger charge is 2.44. The normalized spacial score (nSPS) is 27.6. The summed E-state index contributed by atoms with van der Waals surface area (Å²) < 4.78 is 0. The van der Waals surface area contributed by atoms with Crippen LogP contribution in [0.3, 0.4) is 0 Å². The maximum absolute atomic E-state index is 13.7. The van der Waals surface area contributed by atoms with Crippen molar-refractivity contribution in [1.82, 2.24) is 20.9 Å². The summed E-state index contributed by atoms with van der Waals surface area (Å²) in [6.45, 7) is 2.01.